The lowest BCUT2D eigenvalue weighted by molar-refractivity contribution is 0.475. The van der Waals surface area contributed by atoms with Gasteiger partial charge in [-0.15, -0.1) is 0 Å². The molecule has 0 fully saturated rings. The molecule has 0 spiro atoms. The van der Waals surface area contributed by atoms with Crippen LogP contribution in [0.2, 0.25) is 0 Å². The van der Waals surface area contributed by atoms with E-state index in [0.29, 0.717) is 11.1 Å². The molecule has 0 aliphatic rings. The van der Waals surface area contributed by atoms with E-state index in [1.807, 2.05) is 24.6 Å². The van der Waals surface area contributed by atoms with E-state index < -0.39 is 0 Å². The molecule has 0 atom stereocenters. The Balaban J connectivity index is 1.22. The van der Waals surface area contributed by atoms with E-state index in [1.165, 1.54) is 21.9 Å². The molecule has 0 heterocycles. The van der Waals surface area contributed by atoms with Crippen molar-refractivity contribution < 1.29 is 10.2 Å². The molecule has 0 radical (unpaired) electrons. The average molecular weight is 749 g/mol. The zero-order valence-electron chi connectivity index (χ0n) is 32.8. The summed E-state index contributed by atoms with van der Waals surface area (Å²) in [5.41, 5.74) is 9.31. The Bertz CT molecular complexity index is 3180. The summed E-state index contributed by atoms with van der Waals surface area (Å²) in [6.45, 7) is 8.55. The van der Waals surface area contributed by atoms with E-state index in [0.717, 1.165) is 87.5 Å². The second-order valence-electron chi connectivity index (χ2n) is 15.3. The molecule has 0 aliphatic carbocycles. The third-order valence-electron chi connectivity index (χ3n) is 12.2. The van der Waals surface area contributed by atoms with Gasteiger partial charge >= 0.3 is 0 Å². The van der Waals surface area contributed by atoms with Crippen molar-refractivity contribution >= 4 is 88.4 Å². The maximum atomic E-state index is 11.5. The van der Waals surface area contributed by atoms with Gasteiger partial charge in [0.1, 0.15) is 11.5 Å². The minimum atomic E-state index is 0.181. The highest BCUT2D eigenvalue weighted by atomic mass is 16.3. The van der Waals surface area contributed by atoms with Crippen molar-refractivity contribution in [2.24, 2.45) is 9.98 Å². The molecular formula is C54H40N2O2. The molecule has 2 N–H and O–H groups in total. The van der Waals surface area contributed by atoms with Crippen molar-refractivity contribution in [2.45, 2.75) is 27.7 Å². The summed E-state index contributed by atoms with van der Waals surface area (Å²) in [7, 11) is 0. The van der Waals surface area contributed by atoms with Gasteiger partial charge in [0.2, 0.25) is 0 Å². The molecule has 0 saturated carbocycles. The van der Waals surface area contributed by atoms with Crippen LogP contribution in [0, 0.1) is 27.7 Å². The molecule has 4 heteroatoms. The largest absolute Gasteiger partial charge is 0.507 e. The van der Waals surface area contributed by atoms with Crippen LogP contribution in [0.1, 0.15) is 33.4 Å². The van der Waals surface area contributed by atoms with E-state index in [2.05, 4.69) is 149 Å². The number of hydrogen-bond acceptors (Lipinski definition) is 4. The number of aliphatic imine (C=N–C) groups is 2. The fourth-order valence-electron chi connectivity index (χ4n) is 9.27. The van der Waals surface area contributed by atoms with Gasteiger partial charge in [-0.3, -0.25) is 9.98 Å². The average Bonchev–Trinajstić information content (AvgIpc) is 3.26. The van der Waals surface area contributed by atoms with Crippen molar-refractivity contribution in [2.75, 3.05) is 0 Å². The highest BCUT2D eigenvalue weighted by Gasteiger charge is 2.20. The molecule has 0 unspecified atom stereocenters. The summed E-state index contributed by atoms with van der Waals surface area (Å²) in [5.74, 6) is 0.361. The topological polar surface area (TPSA) is 65.2 Å². The molecule has 0 bridgehead atoms. The van der Waals surface area contributed by atoms with Crippen LogP contribution in [-0.2, 0) is 0 Å². The van der Waals surface area contributed by atoms with E-state index in [-0.39, 0.29) is 11.5 Å². The highest BCUT2D eigenvalue weighted by molar-refractivity contribution is 6.17. The molecule has 4 nitrogen and oxygen atoms in total. The minimum absolute atomic E-state index is 0.181. The molecule has 10 aromatic carbocycles. The number of benzene rings is 10. The van der Waals surface area contributed by atoms with Gasteiger partial charge < -0.3 is 10.2 Å². The first-order valence-corrected chi connectivity index (χ1v) is 19.7. The number of phenols is 2. The second-order valence-corrected chi connectivity index (χ2v) is 15.3. The summed E-state index contributed by atoms with van der Waals surface area (Å²) in [6, 6.07) is 49.6. The third-order valence-corrected chi connectivity index (χ3v) is 12.2. The first-order chi connectivity index (χ1) is 28.3. The number of aromatic hydroxyl groups is 2. The van der Waals surface area contributed by atoms with Gasteiger partial charge in [0.05, 0.1) is 11.4 Å². The first kappa shape index (κ1) is 35.1. The fraction of sp³-hybridized carbons (Fsp3) is 0.0741. The molecule has 0 saturated heterocycles. The van der Waals surface area contributed by atoms with Crippen molar-refractivity contribution in [1.29, 1.82) is 0 Å². The van der Waals surface area contributed by atoms with Crippen LogP contribution in [0.25, 0.3) is 75.8 Å². The van der Waals surface area contributed by atoms with Gasteiger partial charge in [-0.1, -0.05) is 121 Å². The summed E-state index contributed by atoms with van der Waals surface area (Å²) < 4.78 is 0. The smallest absolute Gasteiger partial charge is 0.125 e. The maximum absolute atomic E-state index is 11.5. The lowest BCUT2D eigenvalue weighted by atomic mass is 9.90. The SMILES string of the molecule is Cc1c2ccccc2c(C)c2c(C=Nc3ccc4ccccc4c3-c3c(N=Cc4c(O)ccc5c(C)c6ccccc6c(C)c45)ccc4ccccc34)c(O)ccc12. The zero-order chi connectivity index (χ0) is 39.7. The van der Waals surface area contributed by atoms with E-state index in [4.69, 9.17) is 9.98 Å². The first-order valence-electron chi connectivity index (χ1n) is 19.7. The number of rotatable bonds is 5. The van der Waals surface area contributed by atoms with Crippen LogP contribution in [0.4, 0.5) is 11.4 Å². The Labute approximate surface area is 336 Å². The Morgan fingerprint density at radius 1 is 0.345 bits per heavy atom. The van der Waals surface area contributed by atoms with Gasteiger partial charge in [0, 0.05) is 34.7 Å². The third kappa shape index (κ3) is 5.44. The van der Waals surface area contributed by atoms with Crippen LogP contribution in [-0.4, -0.2) is 22.6 Å². The minimum Gasteiger partial charge on any atom is -0.507 e. The summed E-state index contributed by atoms with van der Waals surface area (Å²) in [6.07, 6.45) is 3.65. The van der Waals surface area contributed by atoms with Gasteiger partial charge in [0.25, 0.3) is 0 Å². The Morgan fingerprint density at radius 2 is 0.690 bits per heavy atom. The summed E-state index contributed by atoms with van der Waals surface area (Å²) in [4.78, 5) is 10.5. The lowest BCUT2D eigenvalue weighted by Crippen LogP contribution is -1.94. The van der Waals surface area contributed by atoms with Crippen LogP contribution >= 0.6 is 0 Å². The second kappa shape index (κ2) is 13.7. The van der Waals surface area contributed by atoms with Gasteiger partial charge in [-0.2, -0.15) is 0 Å². The number of phenolic OH excluding ortho intramolecular Hbond substituents is 2. The quantitative estimate of drug-likeness (QED) is 0.136. The monoisotopic (exact) mass is 748 g/mol. The number of aryl methyl sites for hydroxylation is 4. The number of nitrogens with zero attached hydrogens (tertiary/aromatic N) is 2. The van der Waals surface area contributed by atoms with Crippen molar-refractivity contribution in [1.82, 2.24) is 0 Å². The van der Waals surface area contributed by atoms with Gasteiger partial charge in [0.15, 0.2) is 0 Å². The van der Waals surface area contributed by atoms with Crippen LogP contribution in [0.15, 0.2) is 156 Å². The van der Waals surface area contributed by atoms with Crippen LogP contribution in [0.5, 0.6) is 11.5 Å². The molecular weight excluding hydrogens is 709 g/mol. The molecule has 278 valence electrons. The molecule has 0 amide bonds. The molecule has 58 heavy (non-hydrogen) atoms. The summed E-state index contributed by atoms with van der Waals surface area (Å²) in [5, 5.41) is 36.0. The Morgan fingerprint density at radius 3 is 1.09 bits per heavy atom. The van der Waals surface area contributed by atoms with E-state index >= 15 is 0 Å². The molecule has 0 aromatic heterocycles. The standard InChI is InChI=1S/C54H40N2O2/c1-31-37-15-9-11-17-39(37)33(3)51-41(31)23-27-49(57)45(51)29-55-47-25-21-35-13-5-7-19-43(35)53(47)54-44-20-8-6-14-36(44)22-26-48(54)56-30-46-50(58)28-24-42-32(2)38-16-10-12-18-40(38)34(4)52(42)46/h5-30,57-58H,1-4H3. The fourth-order valence-corrected chi connectivity index (χ4v) is 9.27. The Kier molecular flexibility index (Phi) is 8.31. The Hall–Kier alpha value is -7.30. The van der Waals surface area contributed by atoms with E-state index in [1.54, 1.807) is 12.1 Å². The predicted molar refractivity (Wildman–Crippen MR) is 247 cm³/mol. The van der Waals surface area contributed by atoms with Gasteiger partial charge in [-0.05, 0) is 139 Å². The van der Waals surface area contributed by atoms with Crippen LogP contribution < -0.4 is 0 Å². The number of fused-ring (bicyclic) bond motifs is 6. The molecule has 10 rings (SSSR count). The van der Waals surface area contributed by atoms with Crippen molar-refractivity contribution in [3.8, 4) is 22.6 Å². The molecule has 10 aromatic rings. The summed E-state index contributed by atoms with van der Waals surface area (Å²) >= 11 is 0. The maximum Gasteiger partial charge on any atom is 0.125 e. The predicted octanol–water partition coefficient (Wildman–Crippen LogP) is 14.4. The van der Waals surface area contributed by atoms with Crippen LogP contribution in [0.3, 0.4) is 0 Å². The highest BCUT2D eigenvalue weighted by Crippen LogP contribution is 2.46. The normalized spacial score (nSPS) is 12.1. The van der Waals surface area contributed by atoms with Crippen molar-refractivity contribution in [3.63, 3.8) is 0 Å². The zero-order valence-corrected chi connectivity index (χ0v) is 32.8. The molecule has 0 aliphatic heterocycles. The lowest BCUT2D eigenvalue weighted by Gasteiger charge is -2.17. The van der Waals surface area contributed by atoms with Gasteiger partial charge in [-0.25, -0.2) is 0 Å². The van der Waals surface area contributed by atoms with Crippen molar-refractivity contribution in [3.05, 3.63) is 179 Å². The number of hydrogen-bond donors (Lipinski definition) is 2. The van der Waals surface area contributed by atoms with E-state index in [9.17, 15) is 10.2 Å².